The van der Waals surface area contributed by atoms with Crippen molar-refractivity contribution < 1.29 is 24.5 Å². The van der Waals surface area contributed by atoms with Crippen molar-refractivity contribution in [1.29, 1.82) is 0 Å². The number of unbranched alkanes of at least 4 members (excludes halogenated alkanes) is 54. The van der Waals surface area contributed by atoms with Gasteiger partial charge >= 0.3 is 5.97 Å². The smallest absolute Gasteiger partial charge is 0.305 e. The molecule has 6 nitrogen and oxygen atoms in total. The van der Waals surface area contributed by atoms with Gasteiger partial charge in [0.25, 0.3) is 0 Å². The average molecular weight is 1100 g/mol. The van der Waals surface area contributed by atoms with Gasteiger partial charge < -0.3 is 20.3 Å². The van der Waals surface area contributed by atoms with E-state index in [1.54, 1.807) is 6.08 Å². The van der Waals surface area contributed by atoms with Gasteiger partial charge in [0.05, 0.1) is 25.4 Å². The standard InChI is InChI=1S/C72H139NO5/c1-3-5-7-9-11-13-15-16-17-18-19-20-26-29-32-35-38-41-45-48-52-56-60-64-70(75)69(68-74)73-71(76)65-61-57-53-49-46-42-39-36-33-30-27-24-22-21-23-25-28-31-34-37-40-43-47-51-55-59-63-67-78-72(77)66-62-58-54-50-44-14-12-10-8-6-4-2/h10,12,60,64,69-70,74-75H,3-9,11,13-59,61-63,65-68H2,1-2H3,(H,73,76)/b12-10-,64-60+. The van der Waals surface area contributed by atoms with Gasteiger partial charge in [-0.15, -0.1) is 0 Å². The van der Waals surface area contributed by atoms with Crippen molar-refractivity contribution in [2.75, 3.05) is 13.2 Å². The average Bonchev–Trinajstić information content (AvgIpc) is 3.44. The molecule has 0 fully saturated rings. The first kappa shape index (κ1) is 76.3. The second kappa shape index (κ2) is 67.8. The van der Waals surface area contributed by atoms with Crippen LogP contribution in [-0.4, -0.2) is 47.4 Å². The minimum Gasteiger partial charge on any atom is -0.466 e. The van der Waals surface area contributed by atoms with Crippen molar-refractivity contribution >= 4 is 11.9 Å². The quantitative estimate of drug-likeness (QED) is 0.0320. The number of amides is 1. The van der Waals surface area contributed by atoms with E-state index in [1.807, 2.05) is 6.08 Å². The molecule has 0 saturated heterocycles. The maximum absolute atomic E-state index is 12.5. The minimum atomic E-state index is -0.844. The Morgan fingerprint density at radius 1 is 0.346 bits per heavy atom. The van der Waals surface area contributed by atoms with E-state index < -0.39 is 12.1 Å². The highest BCUT2D eigenvalue weighted by Crippen LogP contribution is 2.19. The number of allylic oxidation sites excluding steroid dienone is 3. The molecule has 0 aromatic carbocycles. The van der Waals surface area contributed by atoms with E-state index >= 15 is 0 Å². The van der Waals surface area contributed by atoms with E-state index in [9.17, 15) is 19.8 Å². The molecule has 0 aliphatic rings. The van der Waals surface area contributed by atoms with Crippen LogP contribution in [0.3, 0.4) is 0 Å². The van der Waals surface area contributed by atoms with Crippen LogP contribution in [0.15, 0.2) is 24.3 Å². The molecule has 0 aromatic rings. The van der Waals surface area contributed by atoms with Crippen molar-refractivity contribution in [2.45, 2.75) is 411 Å². The molecular formula is C72H139NO5. The van der Waals surface area contributed by atoms with Gasteiger partial charge in [-0.1, -0.05) is 359 Å². The van der Waals surface area contributed by atoms with E-state index in [0.717, 1.165) is 44.9 Å². The van der Waals surface area contributed by atoms with Gasteiger partial charge in [0.15, 0.2) is 0 Å². The molecule has 0 aliphatic carbocycles. The summed E-state index contributed by atoms with van der Waals surface area (Å²) in [7, 11) is 0. The number of aliphatic hydroxyl groups excluding tert-OH is 2. The van der Waals surface area contributed by atoms with Crippen LogP contribution in [0.5, 0.6) is 0 Å². The van der Waals surface area contributed by atoms with Gasteiger partial charge in [-0.2, -0.15) is 0 Å². The minimum absolute atomic E-state index is 0.00720. The molecule has 0 aliphatic heterocycles. The second-order valence-corrected chi connectivity index (χ2v) is 24.6. The summed E-state index contributed by atoms with van der Waals surface area (Å²) in [5.41, 5.74) is 0. The molecule has 0 bridgehead atoms. The van der Waals surface area contributed by atoms with Crippen LogP contribution in [0.2, 0.25) is 0 Å². The SMILES string of the molecule is CCCC/C=C\CCCCCCCC(=O)OCCCCCCCCCCCCCCCCCCCCCCCCCCCCCC(=O)NC(CO)C(O)/C=C/CCCCCCCCCCCCCCCCCCCCCCC. The normalized spacial score (nSPS) is 12.6. The number of nitrogens with one attached hydrogen (secondary N) is 1. The van der Waals surface area contributed by atoms with Gasteiger partial charge in [-0.3, -0.25) is 9.59 Å². The van der Waals surface area contributed by atoms with Crippen LogP contribution < -0.4 is 5.32 Å². The first-order valence-electron chi connectivity index (χ1n) is 35.6. The number of aliphatic hydroxyl groups is 2. The fourth-order valence-electron chi connectivity index (χ4n) is 11.3. The number of rotatable bonds is 67. The molecule has 0 heterocycles. The van der Waals surface area contributed by atoms with E-state index in [4.69, 9.17) is 4.74 Å². The Labute approximate surface area is 488 Å². The van der Waals surface area contributed by atoms with Crippen molar-refractivity contribution in [3.8, 4) is 0 Å². The molecule has 0 rings (SSSR count). The van der Waals surface area contributed by atoms with Gasteiger partial charge in [-0.05, 0) is 51.4 Å². The Hall–Kier alpha value is -1.66. The fraction of sp³-hybridized carbons (Fsp3) is 0.917. The van der Waals surface area contributed by atoms with Crippen LogP contribution in [0.1, 0.15) is 399 Å². The third-order valence-corrected chi connectivity index (χ3v) is 16.7. The first-order chi connectivity index (χ1) is 38.5. The van der Waals surface area contributed by atoms with Gasteiger partial charge in [0, 0.05) is 12.8 Å². The lowest BCUT2D eigenvalue weighted by Gasteiger charge is -2.20. The van der Waals surface area contributed by atoms with Gasteiger partial charge in [0.2, 0.25) is 5.91 Å². The Kier molecular flexibility index (Phi) is 66.4. The molecule has 1 amide bonds. The van der Waals surface area contributed by atoms with Crippen LogP contribution in [0.4, 0.5) is 0 Å². The third kappa shape index (κ3) is 63.5. The third-order valence-electron chi connectivity index (χ3n) is 16.7. The maximum atomic E-state index is 12.5. The number of ether oxygens (including phenoxy) is 1. The molecule has 3 N–H and O–H groups in total. The molecule has 0 saturated carbocycles. The van der Waals surface area contributed by atoms with Crippen LogP contribution in [-0.2, 0) is 14.3 Å². The summed E-state index contributed by atoms with van der Waals surface area (Å²) >= 11 is 0. The Balaban J connectivity index is 3.38. The van der Waals surface area contributed by atoms with Crippen LogP contribution >= 0.6 is 0 Å². The zero-order valence-electron chi connectivity index (χ0n) is 52.9. The lowest BCUT2D eigenvalue weighted by molar-refractivity contribution is -0.143. The van der Waals surface area contributed by atoms with Gasteiger partial charge in [-0.25, -0.2) is 0 Å². The molecule has 6 heteroatoms. The molecule has 462 valence electrons. The van der Waals surface area contributed by atoms with Crippen molar-refractivity contribution in [3.05, 3.63) is 24.3 Å². The van der Waals surface area contributed by atoms with Crippen molar-refractivity contribution in [1.82, 2.24) is 5.32 Å². The zero-order valence-corrected chi connectivity index (χ0v) is 52.9. The van der Waals surface area contributed by atoms with Crippen LogP contribution in [0.25, 0.3) is 0 Å². The van der Waals surface area contributed by atoms with Crippen molar-refractivity contribution in [2.24, 2.45) is 0 Å². The first-order valence-corrected chi connectivity index (χ1v) is 35.6. The van der Waals surface area contributed by atoms with E-state index in [-0.39, 0.29) is 18.5 Å². The maximum Gasteiger partial charge on any atom is 0.305 e. The largest absolute Gasteiger partial charge is 0.466 e. The summed E-state index contributed by atoms with van der Waals surface area (Å²) in [6.45, 7) is 4.91. The Bertz CT molecular complexity index is 1220. The Morgan fingerprint density at radius 3 is 0.949 bits per heavy atom. The predicted molar refractivity (Wildman–Crippen MR) is 343 cm³/mol. The lowest BCUT2D eigenvalue weighted by Crippen LogP contribution is -2.45. The molecular weight excluding hydrogens is 959 g/mol. The van der Waals surface area contributed by atoms with Crippen molar-refractivity contribution in [3.63, 3.8) is 0 Å². The highest BCUT2D eigenvalue weighted by atomic mass is 16.5. The highest BCUT2D eigenvalue weighted by molar-refractivity contribution is 5.76. The number of hydrogen-bond acceptors (Lipinski definition) is 5. The molecule has 2 atom stereocenters. The summed E-state index contributed by atoms with van der Waals surface area (Å²) < 4.78 is 5.47. The predicted octanol–water partition coefficient (Wildman–Crippen LogP) is 22.9. The lowest BCUT2D eigenvalue weighted by atomic mass is 10.0. The zero-order chi connectivity index (χ0) is 56.4. The van der Waals surface area contributed by atoms with Gasteiger partial charge in [0.1, 0.15) is 0 Å². The number of hydrogen-bond donors (Lipinski definition) is 3. The number of carbonyl (C=O) groups is 2. The number of esters is 1. The summed E-state index contributed by atoms with van der Waals surface area (Å²) in [5.74, 6) is -0.0536. The summed E-state index contributed by atoms with van der Waals surface area (Å²) in [4.78, 5) is 24.5. The second-order valence-electron chi connectivity index (χ2n) is 24.6. The van der Waals surface area contributed by atoms with E-state index in [2.05, 4.69) is 31.3 Å². The van der Waals surface area contributed by atoms with E-state index in [1.165, 1.54) is 327 Å². The summed E-state index contributed by atoms with van der Waals surface area (Å²) in [5, 5.41) is 23.3. The molecule has 0 spiro atoms. The molecule has 2 unspecified atom stereocenters. The highest BCUT2D eigenvalue weighted by Gasteiger charge is 2.18. The molecule has 0 aromatic heterocycles. The van der Waals surface area contributed by atoms with Crippen LogP contribution in [0, 0.1) is 0 Å². The van der Waals surface area contributed by atoms with E-state index in [0.29, 0.717) is 19.4 Å². The molecule has 0 radical (unpaired) electrons. The monoisotopic (exact) mass is 1100 g/mol. The fourth-order valence-corrected chi connectivity index (χ4v) is 11.3. The summed E-state index contributed by atoms with van der Waals surface area (Å²) in [6.07, 6.45) is 85.5. The summed E-state index contributed by atoms with van der Waals surface area (Å²) in [6, 6.07) is -0.627. The Morgan fingerprint density at radius 2 is 0.615 bits per heavy atom. The topological polar surface area (TPSA) is 95.9 Å². The molecule has 78 heavy (non-hydrogen) atoms. The number of carbonyl (C=O) groups excluding carboxylic acids is 2.